The van der Waals surface area contributed by atoms with Crippen LogP contribution in [0, 0.1) is 0 Å². The van der Waals surface area contributed by atoms with Gasteiger partial charge in [-0.1, -0.05) is 30.3 Å². The van der Waals surface area contributed by atoms with Crippen molar-refractivity contribution in [2.45, 2.75) is 6.54 Å². The molecule has 0 saturated heterocycles. The fourth-order valence-electron chi connectivity index (χ4n) is 1.62. The van der Waals surface area contributed by atoms with Gasteiger partial charge in [0.15, 0.2) is 6.29 Å². The van der Waals surface area contributed by atoms with E-state index < -0.39 is 5.97 Å². The Balaban J connectivity index is 2.36. The highest BCUT2D eigenvalue weighted by molar-refractivity contribution is 5.85. The minimum absolute atomic E-state index is 0.00975. The number of carbonyl (C=O) groups excluding carboxylic acids is 2. The highest BCUT2D eigenvalue weighted by Gasteiger charge is 2.12. The van der Waals surface area contributed by atoms with E-state index in [4.69, 9.17) is 0 Å². The molecule has 0 aliphatic rings. The summed E-state index contributed by atoms with van der Waals surface area (Å²) in [5, 5.41) is 4.22. The molecule has 5 nitrogen and oxygen atoms in total. The molecule has 0 atom stereocenters. The minimum atomic E-state index is -0.408. The predicted octanol–water partition coefficient (Wildman–Crippen LogP) is 1.54. The lowest BCUT2D eigenvalue weighted by atomic mass is 10.1. The van der Waals surface area contributed by atoms with E-state index >= 15 is 0 Å². The van der Waals surface area contributed by atoms with E-state index in [0.717, 1.165) is 11.8 Å². The molecule has 0 radical (unpaired) electrons. The Hall–Kier alpha value is -2.43. The summed E-state index contributed by atoms with van der Waals surface area (Å²) in [6, 6.07) is 9.33. The first-order chi connectivity index (χ1) is 8.74. The van der Waals surface area contributed by atoms with E-state index in [-0.39, 0.29) is 6.54 Å². The maximum absolute atomic E-state index is 11.2. The van der Waals surface area contributed by atoms with Crippen molar-refractivity contribution in [3.05, 3.63) is 42.1 Å². The molecule has 0 amide bonds. The van der Waals surface area contributed by atoms with Crippen molar-refractivity contribution >= 4 is 12.3 Å². The van der Waals surface area contributed by atoms with Crippen LogP contribution in [-0.4, -0.2) is 29.1 Å². The zero-order chi connectivity index (χ0) is 13.0. The summed E-state index contributed by atoms with van der Waals surface area (Å²) in [7, 11) is 1.31. The highest BCUT2D eigenvalue weighted by atomic mass is 16.5. The van der Waals surface area contributed by atoms with Gasteiger partial charge in [0.25, 0.3) is 0 Å². The minimum Gasteiger partial charge on any atom is -0.468 e. The number of aldehydes is 1. The van der Waals surface area contributed by atoms with Gasteiger partial charge in [0.05, 0.1) is 12.7 Å². The van der Waals surface area contributed by atoms with Crippen LogP contribution in [-0.2, 0) is 16.1 Å². The Morgan fingerprint density at radius 2 is 2.11 bits per heavy atom. The molecule has 0 saturated carbocycles. The number of hydrogen-bond donors (Lipinski definition) is 0. The number of carbonyl (C=O) groups is 2. The molecule has 0 aliphatic heterocycles. The van der Waals surface area contributed by atoms with Gasteiger partial charge in [-0.25, -0.2) is 0 Å². The second-order valence-corrected chi connectivity index (χ2v) is 3.69. The Morgan fingerprint density at radius 1 is 1.39 bits per heavy atom. The van der Waals surface area contributed by atoms with Crippen molar-refractivity contribution in [2.75, 3.05) is 7.11 Å². The molecule has 2 aromatic rings. The van der Waals surface area contributed by atoms with Gasteiger partial charge in [0.2, 0.25) is 0 Å². The van der Waals surface area contributed by atoms with Crippen LogP contribution in [0.2, 0.25) is 0 Å². The van der Waals surface area contributed by atoms with Crippen LogP contribution in [0.3, 0.4) is 0 Å². The van der Waals surface area contributed by atoms with E-state index in [1.54, 1.807) is 0 Å². The Labute approximate surface area is 104 Å². The van der Waals surface area contributed by atoms with Crippen molar-refractivity contribution in [3.63, 3.8) is 0 Å². The standard InChI is InChI=1S/C13H12N2O3/c1-18-12(17)8-15-7-11(9-16)13(14-15)10-5-3-2-4-6-10/h2-7,9H,8H2,1H3. The largest absolute Gasteiger partial charge is 0.468 e. The molecule has 5 heteroatoms. The van der Waals surface area contributed by atoms with Crippen LogP contribution in [0.25, 0.3) is 11.3 Å². The van der Waals surface area contributed by atoms with Gasteiger partial charge < -0.3 is 4.74 Å². The number of aromatic nitrogens is 2. The van der Waals surface area contributed by atoms with Crippen LogP contribution in [0.5, 0.6) is 0 Å². The number of nitrogens with zero attached hydrogens (tertiary/aromatic N) is 2. The molecule has 1 aromatic heterocycles. The molecule has 18 heavy (non-hydrogen) atoms. The summed E-state index contributed by atoms with van der Waals surface area (Å²) in [5.41, 5.74) is 1.85. The van der Waals surface area contributed by atoms with E-state index in [2.05, 4.69) is 9.84 Å². The van der Waals surface area contributed by atoms with E-state index in [1.807, 2.05) is 30.3 Å². The fraction of sp³-hybridized carbons (Fsp3) is 0.154. The quantitative estimate of drug-likeness (QED) is 0.604. The third-order valence-electron chi connectivity index (χ3n) is 2.48. The number of rotatable bonds is 4. The summed E-state index contributed by atoms with van der Waals surface area (Å²) in [6.45, 7) is -0.00975. The lowest BCUT2D eigenvalue weighted by Gasteiger charge is -1.99. The Kier molecular flexibility index (Phi) is 3.52. The van der Waals surface area contributed by atoms with Crippen LogP contribution in [0.15, 0.2) is 36.5 Å². The highest BCUT2D eigenvalue weighted by Crippen LogP contribution is 2.20. The van der Waals surface area contributed by atoms with E-state index in [1.165, 1.54) is 18.0 Å². The van der Waals surface area contributed by atoms with Gasteiger partial charge in [0, 0.05) is 11.8 Å². The van der Waals surface area contributed by atoms with Crippen molar-refractivity contribution in [2.24, 2.45) is 0 Å². The van der Waals surface area contributed by atoms with E-state index in [9.17, 15) is 9.59 Å². The van der Waals surface area contributed by atoms with Gasteiger partial charge in [-0.2, -0.15) is 5.10 Å². The predicted molar refractivity (Wildman–Crippen MR) is 65.1 cm³/mol. The first kappa shape index (κ1) is 12.0. The van der Waals surface area contributed by atoms with Gasteiger partial charge >= 0.3 is 5.97 Å². The lowest BCUT2D eigenvalue weighted by molar-refractivity contribution is -0.141. The first-order valence-corrected chi connectivity index (χ1v) is 5.39. The zero-order valence-corrected chi connectivity index (χ0v) is 9.87. The van der Waals surface area contributed by atoms with Gasteiger partial charge in [-0.15, -0.1) is 0 Å². The molecular weight excluding hydrogens is 232 g/mol. The van der Waals surface area contributed by atoms with Gasteiger partial charge in [-0.05, 0) is 0 Å². The van der Waals surface area contributed by atoms with Crippen molar-refractivity contribution < 1.29 is 14.3 Å². The Morgan fingerprint density at radius 3 is 2.72 bits per heavy atom. The second kappa shape index (κ2) is 5.27. The summed E-state index contributed by atoms with van der Waals surface area (Å²) in [6.07, 6.45) is 2.26. The van der Waals surface area contributed by atoms with Crippen molar-refractivity contribution in [3.8, 4) is 11.3 Å². The molecule has 0 bridgehead atoms. The maximum Gasteiger partial charge on any atom is 0.327 e. The molecule has 0 spiro atoms. The molecule has 1 aromatic carbocycles. The van der Waals surface area contributed by atoms with Crippen LogP contribution >= 0.6 is 0 Å². The fourth-order valence-corrected chi connectivity index (χ4v) is 1.62. The zero-order valence-electron chi connectivity index (χ0n) is 9.87. The summed E-state index contributed by atoms with van der Waals surface area (Å²) >= 11 is 0. The lowest BCUT2D eigenvalue weighted by Crippen LogP contribution is -2.11. The van der Waals surface area contributed by atoms with Crippen molar-refractivity contribution in [1.82, 2.24) is 9.78 Å². The monoisotopic (exact) mass is 244 g/mol. The molecule has 2 rings (SSSR count). The van der Waals surface area contributed by atoms with Crippen LogP contribution in [0.1, 0.15) is 10.4 Å². The normalized spacial score (nSPS) is 10.1. The van der Waals surface area contributed by atoms with Crippen molar-refractivity contribution in [1.29, 1.82) is 0 Å². The molecule has 0 fully saturated rings. The van der Waals surface area contributed by atoms with Crippen LogP contribution in [0.4, 0.5) is 0 Å². The van der Waals surface area contributed by atoms with Gasteiger partial charge in [0.1, 0.15) is 12.2 Å². The number of esters is 1. The molecule has 0 unspecified atom stereocenters. The summed E-state index contributed by atoms with van der Waals surface area (Å²) in [4.78, 5) is 22.2. The average Bonchev–Trinajstić information content (AvgIpc) is 2.82. The topological polar surface area (TPSA) is 61.2 Å². The number of methoxy groups -OCH3 is 1. The summed E-state index contributed by atoms with van der Waals surface area (Å²) in [5.74, 6) is -0.408. The Bertz CT molecular complexity index is 561. The first-order valence-electron chi connectivity index (χ1n) is 5.39. The molecule has 92 valence electrons. The smallest absolute Gasteiger partial charge is 0.327 e. The third kappa shape index (κ3) is 2.45. The average molecular weight is 244 g/mol. The molecule has 0 aliphatic carbocycles. The molecular formula is C13H12N2O3. The molecule has 0 N–H and O–H groups in total. The maximum atomic E-state index is 11.2. The number of ether oxygens (including phenoxy) is 1. The number of hydrogen-bond acceptors (Lipinski definition) is 4. The third-order valence-corrected chi connectivity index (χ3v) is 2.48. The number of benzene rings is 1. The second-order valence-electron chi connectivity index (χ2n) is 3.69. The van der Waals surface area contributed by atoms with Gasteiger partial charge in [-0.3, -0.25) is 14.3 Å². The van der Waals surface area contributed by atoms with E-state index in [0.29, 0.717) is 11.3 Å². The molecule has 1 heterocycles. The van der Waals surface area contributed by atoms with Crippen LogP contribution < -0.4 is 0 Å². The summed E-state index contributed by atoms with van der Waals surface area (Å²) < 4.78 is 5.96. The SMILES string of the molecule is COC(=O)Cn1cc(C=O)c(-c2ccccc2)n1.